The third-order valence-electron chi connectivity index (χ3n) is 3.18. The first-order valence-electron chi connectivity index (χ1n) is 6.63. The zero-order chi connectivity index (χ0) is 15.7. The van der Waals surface area contributed by atoms with Gasteiger partial charge in [0.15, 0.2) is 5.78 Å². The third kappa shape index (κ3) is 2.67. The van der Waals surface area contributed by atoms with Gasteiger partial charge in [-0.15, -0.1) is 0 Å². The summed E-state index contributed by atoms with van der Waals surface area (Å²) in [6.07, 6.45) is 3.29. The fourth-order valence-electron chi connectivity index (χ4n) is 2.09. The average Bonchev–Trinajstić information content (AvgIpc) is 2.90. The van der Waals surface area contributed by atoms with Gasteiger partial charge >= 0.3 is 0 Å². The largest absolute Gasteiger partial charge is 0.508 e. The molecule has 0 saturated heterocycles. The van der Waals surface area contributed by atoms with Crippen molar-refractivity contribution < 1.29 is 14.7 Å². The number of carbonyl (C=O) groups is 2. The van der Waals surface area contributed by atoms with Crippen molar-refractivity contribution in [1.29, 1.82) is 0 Å². The summed E-state index contributed by atoms with van der Waals surface area (Å²) in [7, 11) is 0. The summed E-state index contributed by atoms with van der Waals surface area (Å²) in [6.45, 7) is 1.45. The molecule has 0 radical (unpaired) electrons. The van der Waals surface area contributed by atoms with Crippen molar-refractivity contribution in [3.8, 4) is 5.75 Å². The van der Waals surface area contributed by atoms with Crippen molar-refractivity contribution >= 4 is 23.0 Å². The normalized spacial score (nSPS) is 10.6. The van der Waals surface area contributed by atoms with E-state index in [2.05, 4.69) is 10.3 Å². The monoisotopic (exact) mass is 295 g/mol. The second-order valence-electron chi connectivity index (χ2n) is 4.87. The molecule has 1 aromatic carbocycles. The van der Waals surface area contributed by atoms with Crippen LogP contribution in [0.4, 0.5) is 5.69 Å². The number of Topliss-reactive ketones (excluding diaryl/α,β-unsaturated/α-hetero) is 1. The van der Waals surface area contributed by atoms with E-state index in [1.807, 2.05) is 0 Å². The second-order valence-corrected chi connectivity index (χ2v) is 4.87. The lowest BCUT2D eigenvalue weighted by Crippen LogP contribution is -2.12. The highest BCUT2D eigenvalue weighted by Gasteiger charge is 2.09. The summed E-state index contributed by atoms with van der Waals surface area (Å²) in [5, 5.41) is 12.1. The van der Waals surface area contributed by atoms with E-state index in [1.54, 1.807) is 41.1 Å². The highest BCUT2D eigenvalue weighted by Crippen LogP contribution is 2.15. The van der Waals surface area contributed by atoms with Crippen molar-refractivity contribution in [2.24, 2.45) is 0 Å². The molecular weight excluding hydrogens is 282 g/mol. The Balaban J connectivity index is 1.87. The number of phenols is 1. The van der Waals surface area contributed by atoms with E-state index in [-0.39, 0.29) is 17.4 Å². The standard InChI is InChI=1S/C16H13N3O3/c1-10(20)14-9-19-8-12(5-6-15(19)18-14)17-16(22)11-3-2-4-13(21)7-11/h2-9,21H,1H3,(H,17,22). The van der Waals surface area contributed by atoms with Crippen molar-refractivity contribution in [2.75, 3.05) is 5.32 Å². The molecule has 22 heavy (non-hydrogen) atoms. The van der Waals surface area contributed by atoms with Crippen molar-refractivity contribution in [2.45, 2.75) is 6.92 Å². The number of anilines is 1. The van der Waals surface area contributed by atoms with Gasteiger partial charge in [0.25, 0.3) is 5.91 Å². The van der Waals surface area contributed by atoms with Crippen LogP contribution >= 0.6 is 0 Å². The molecule has 0 fully saturated rings. The average molecular weight is 295 g/mol. The lowest BCUT2D eigenvalue weighted by atomic mass is 10.2. The van der Waals surface area contributed by atoms with Gasteiger partial charge in [0.05, 0.1) is 5.69 Å². The molecule has 110 valence electrons. The summed E-state index contributed by atoms with van der Waals surface area (Å²) < 4.78 is 1.68. The maximum absolute atomic E-state index is 12.1. The minimum absolute atomic E-state index is 0.0313. The molecule has 6 nitrogen and oxygen atoms in total. The van der Waals surface area contributed by atoms with Gasteiger partial charge in [0.2, 0.25) is 0 Å². The zero-order valence-electron chi connectivity index (χ0n) is 11.8. The maximum atomic E-state index is 12.1. The summed E-state index contributed by atoms with van der Waals surface area (Å²) in [6, 6.07) is 9.51. The molecule has 6 heteroatoms. The number of fused-ring (bicyclic) bond motifs is 1. The van der Waals surface area contributed by atoms with Gasteiger partial charge in [-0.1, -0.05) is 6.07 Å². The van der Waals surface area contributed by atoms with E-state index in [1.165, 1.54) is 19.1 Å². The first kappa shape index (κ1) is 13.8. The number of pyridine rings is 1. The van der Waals surface area contributed by atoms with Gasteiger partial charge in [-0.2, -0.15) is 0 Å². The van der Waals surface area contributed by atoms with Gasteiger partial charge in [-0.3, -0.25) is 9.59 Å². The van der Waals surface area contributed by atoms with Crippen molar-refractivity contribution in [3.05, 3.63) is 60.0 Å². The first-order valence-corrected chi connectivity index (χ1v) is 6.63. The number of rotatable bonds is 3. The quantitative estimate of drug-likeness (QED) is 0.727. The molecule has 0 unspecified atom stereocenters. The topological polar surface area (TPSA) is 83.7 Å². The minimum Gasteiger partial charge on any atom is -0.508 e. The third-order valence-corrected chi connectivity index (χ3v) is 3.18. The van der Waals surface area contributed by atoms with Crippen LogP contribution in [0.5, 0.6) is 5.75 Å². The van der Waals surface area contributed by atoms with E-state index >= 15 is 0 Å². The second kappa shape index (κ2) is 5.33. The Kier molecular flexibility index (Phi) is 3.34. The molecule has 0 atom stereocenters. The maximum Gasteiger partial charge on any atom is 0.255 e. The number of hydrogen-bond donors (Lipinski definition) is 2. The predicted octanol–water partition coefficient (Wildman–Crippen LogP) is 2.49. The SMILES string of the molecule is CC(=O)c1cn2cc(NC(=O)c3cccc(O)c3)ccc2n1. The van der Waals surface area contributed by atoms with Crippen LogP contribution in [-0.2, 0) is 0 Å². The summed E-state index contributed by atoms with van der Waals surface area (Å²) in [5.41, 5.74) is 1.92. The number of hydrogen-bond acceptors (Lipinski definition) is 4. The molecule has 2 N–H and O–H groups in total. The van der Waals surface area contributed by atoms with E-state index < -0.39 is 0 Å². The van der Waals surface area contributed by atoms with Crippen LogP contribution < -0.4 is 5.32 Å². The molecule has 2 aromatic heterocycles. The van der Waals surface area contributed by atoms with Crippen LogP contribution in [0.15, 0.2) is 48.8 Å². The Labute approximate surface area is 126 Å². The number of nitrogens with zero attached hydrogens (tertiary/aromatic N) is 2. The van der Waals surface area contributed by atoms with Crippen LogP contribution in [0.3, 0.4) is 0 Å². The fourth-order valence-corrected chi connectivity index (χ4v) is 2.09. The molecule has 0 aliphatic heterocycles. The molecule has 0 aliphatic rings. The van der Waals surface area contributed by atoms with Crippen molar-refractivity contribution in [1.82, 2.24) is 9.38 Å². The highest BCUT2D eigenvalue weighted by molar-refractivity contribution is 6.04. The fraction of sp³-hybridized carbons (Fsp3) is 0.0625. The highest BCUT2D eigenvalue weighted by atomic mass is 16.3. The Bertz CT molecular complexity index is 883. The summed E-state index contributed by atoms with van der Waals surface area (Å²) >= 11 is 0. The van der Waals surface area contributed by atoms with Crippen molar-refractivity contribution in [3.63, 3.8) is 0 Å². The molecule has 3 aromatic rings. The van der Waals surface area contributed by atoms with E-state index in [0.717, 1.165) is 0 Å². The Morgan fingerprint density at radius 1 is 1.18 bits per heavy atom. The summed E-state index contributed by atoms with van der Waals surface area (Å²) in [5.74, 6) is -0.417. The molecule has 0 bridgehead atoms. The number of aromatic hydroxyl groups is 1. The van der Waals surface area contributed by atoms with Gasteiger partial charge in [0, 0.05) is 24.9 Å². The Morgan fingerprint density at radius 2 is 2.00 bits per heavy atom. The van der Waals surface area contributed by atoms with Crippen LogP contribution in [0.25, 0.3) is 5.65 Å². The number of amides is 1. The number of phenolic OH excluding ortho intramolecular Hbond substituents is 1. The zero-order valence-corrected chi connectivity index (χ0v) is 11.8. The van der Waals surface area contributed by atoms with Gasteiger partial charge in [-0.25, -0.2) is 4.98 Å². The van der Waals surface area contributed by atoms with Crippen LogP contribution in [-0.4, -0.2) is 26.2 Å². The number of aromatic nitrogens is 2. The number of ketones is 1. The smallest absolute Gasteiger partial charge is 0.255 e. The minimum atomic E-state index is -0.331. The Morgan fingerprint density at radius 3 is 2.73 bits per heavy atom. The van der Waals surface area contributed by atoms with E-state index in [4.69, 9.17) is 0 Å². The molecule has 0 aliphatic carbocycles. The van der Waals surface area contributed by atoms with Gasteiger partial charge in [-0.05, 0) is 30.3 Å². The number of nitrogens with one attached hydrogen (secondary N) is 1. The van der Waals surface area contributed by atoms with Crippen LogP contribution in [0.2, 0.25) is 0 Å². The predicted molar refractivity (Wildman–Crippen MR) is 81.3 cm³/mol. The number of imidazole rings is 1. The molecule has 0 spiro atoms. The van der Waals surface area contributed by atoms with E-state index in [0.29, 0.717) is 22.6 Å². The number of carbonyl (C=O) groups excluding carboxylic acids is 2. The lowest BCUT2D eigenvalue weighted by Gasteiger charge is -2.06. The molecule has 2 heterocycles. The van der Waals surface area contributed by atoms with Gasteiger partial charge < -0.3 is 14.8 Å². The first-order chi connectivity index (χ1) is 10.5. The Hall–Kier alpha value is -3.15. The van der Waals surface area contributed by atoms with Crippen LogP contribution in [0, 0.1) is 0 Å². The number of benzene rings is 1. The van der Waals surface area contributed by atoms with Crippen LogP contribution in [0.1, 0.15) is 27.8 Å². The summed E-state index contributed by atoms with van der Waals surface area (Å²) in [4.78, 5) is 27.6. The molecule has 3 rings (SSSR count). The molecular formula is C16H13N3O3. The van der Waals surface area contributed by atoms with E-state index in [9.17, 15) is 14.7 Å². The van der Waals surface area contributed by atoms with Gasteiger partial charge in [0.1, 0.15) is 17.1 Å². The molecule has 0 saturated carbocycles. The lowest BCUT2D eigenvalue weighted by molar-refractivity contribution is 0.100. The molecule has 1 amide bonds.